The summed E-state index contributed by atoms with van der Waals surface area (Å²) in [4.78, 5) is 91.8. The number of aliphatic imine (C=N–C) groups is 1. The summed E-state index contributed by atoms with van der Waals surface area (Å²) in [6.07, 6.45) is 0.430. The standard InChI is InChI=1S/C30H42N8O14/c39-11-19(25(45)31-17(6-3-9-37(50)15-42)24(44)32-18-7-4-10-38(51)30(18)49)33-26(46)20(12-40)34-27(47)21(13-41)35-28(48)22-14-52-29(36-22)16-5-1-2-8-23(16)43/h1-2,5,8,15,17-22,39-41,43,50-51H,3-4,6-7,9-14H2,(H,31,45)(H,32,44)(H,33,46)(H,34,47)(H,35,48)/t17-,18-,19+,20-,21+,22-/m1/s1. The van der Waals surface area contributed by atoms with Crippen molar-refractivity contribution >= 4 is 47.8 Å². The van der Waals surface area contributed by atoms with Gasteiger partial charge in [-0.05, 0) is 37.8 Å². The van der Waals surface area contributed by atoms with E-state index < -0.39 is 91.5 Å². The number of nitrogens with zero attached hydrogens (tertiary/aromatic N) is 3. The monoisotopic (exact) mass is 738 g/mol. The molecule has 0 spiro atoms. The summed E-state index contributed by atoms with van der Waals surface area (Å²) in [5.41, 5.74) is 0.224. The van der Waals surface area contributed by atoms with Gasteiger partial charge < -0.3 is 51.7 Å². The molecule has 3 rings (SSSR count). The van der Waals surface area contributed by atoms with Crippen molar-refractivity contribution in [2.75, 3.05) is 39.5 Å². The molecule has 52 heavy (non-hydrogen) atoms. The number of piperidine rings is 1. The maximum absolute atomic E-state index is 13.1. The minimum absolute atomic E-state index is 0.0262. The van der Waals surface area contributed by atoms with Gasteiger partial charge in [0, 0.05) is 13.1 Å². The Balaban J connectivity index is 1.61. The van der Waals surface area contributed by atoms with E-state index in [1.165, 1.54) is 12.1 Å². The summed E-state index contributed by atoms with van der Waals surface area (Å²) >= 11 is 0. The Morgan fingerprint density at radius 2 is 1.50 bits per heavy atom. The van der Waals surface area contributed by atoms with Crippen LogP contribution in [0.2, 0.25) is 0 Å². The zero-order chi connectivity index (χ0) is 38.4. The van der Waals surface area contributed by atoms with Crippen LogP contribution in [0.3, 0.4) is 0 Å². The van der Waals surface area contributed by atoms with E-state index in [-0.39, 0.29) is 62.6 Å². The highest BCUT2D eigenvalue weighted by Gasteiger charge is 2.35. The molecule has 2 heterocycles. The molecule has 0 radical (unpaired) electrons. The predicted octanol–water partition coefficient (Wildman–Crippen LogP) is -5.42. The van der Waals surface area contributed by atoms with Crippen molar-refractivity contribution in [3.05, 3.63) is 29.8 Å². The first-order valence-electron chi connectivity index (χ1n) is 16.1. The molecule has 0 bridgehead atoms. The number of nitrogens with one attached hydrogen (secondary N) is 5. The van der Waals surface area contributed by atoms with Gasteiger partial charge in [-0.1, -0.05) is 12.1 Å². The summed E-state index contributed by atoms with van der Waals surface area (Å²) in [5, 5.41) is 70.5. The Kier molecular flexibility index (Phi) is 15.6. The fraction of sp³-hybridized carbons (Fsp3) is 0.533. The van der Waals surface area contributed by atoms with Crippen molar-refractivity contribution in [3.8, 4) is 5.75 Å². The first kappa shape index (κ1) is 41.0. The molecular formula is C30H42N8O14. The van der Waals surface area contributed by atoms with Crippen LogP contribution >= 0.6 is 0 Å². The summed E-state index contributed by atoms with van der Waals surface area (Å²) in [6, 6.07) is -2.79. The van der Waals surface area contributed by atoms with Crippen LogP contribution in [0.15, 0.2) is 29.3 Å². The smallest absolute Gasteiger partial charge is 0.268 e. The molecule has 1 saturated heterocycles. The number of para-hydroxylation sites is 1. The lowest BCUT2D eigenvalue weighted by atomic mass is 10.0. The van der Waals surface area contributed by atoms with E-state index in [0.29, 0.717) is 16.5 Å². The quantitative estimate of drug-likeness (QED) is 0.0359. The zero-order valence-electron chi connectivity index (χ0n) is 27.7. The van der Waals surface area contributed by atoms with Gasteiger partial charge in [-0.25, -0.2) is 15.1 Å². The number of amides is 7. The number of phenolic OH excluding ortho intramolecular Hbond substituents is 1. The third-order valence-corrected chi connectivity index (χ3v) is 7.90. The number of hydrogen-bond acceptors (Lipinski definition) is 15. The Labute approximate surface area is 295 Å². The van der Waals surface area contributed by atoms with Crippen LogP contribution in [-0.4, -0.2) is 164 Å². The van der Waals surface area contributed by atoms with Gasteiger partial charge in [0.2, 0.25) is 41.8 Å². The highest BCUT2D eigenvalue weighted by molar-refractivity contribution is 6.01. The lowest BCUT2D eigenvalue weighted by Gasteiger charge is -2.30. The second-order valence-corrected chi connectivity index (χ2v) is 11.6. The lowest BCUT2D eigenvalue weighted by molar-refractivity contribution is -0.173. The van der Waals surface area contributed by atoms with Crippen LogP contribution < -0.4 is 26.6 Å². The zero-order valence-corrected chi connectivity index (χ0v) is 27.7. The molecule has 2 aliphatic rings. The number of aliphatic hydroxyl groups excluding tert-OH is 3. The van der Waals surface area contributed by atoms with Gasteiger partial charge in [-0.2, -0.15) is 0 Å². The molecule has 22 heteroatoms. The van der Waals surface area contributed by atoms with Crippen LogP contribution in [0.1, 0.15) is 31.2 Å². The Morgan fingerprint density at radius 3 is 2.08 bits per heavy atom. The third-order valence-electron chi connectivity index (χ3n) is 7.90. The van der Waals surface area contributed by atoms with Crippen molar-refractivity contribution < 1.29 is 69.1 Å². The van der Waals surface area contributed by atoms with Crippen LogP contribution in [0.4, 0.5) is 0 Å². The van der Waals surface area contributed by atoms with Crippen LogP contribution in [-0.2, 0) is 38.3 Å². The molecular weight excluding hydrogens is 696 g/mol. The molecule has 0 saturated carbocycles. The molecule has 22 nitrogen and oxygen atoms in total. The molecule has 286 valence electrons. The Morgan fingerprint density at radius 1 is 0.923 bits per heavy atom. The van der Waals surface area contributed by atoms with Gasteiger partial charge in [-0.3, -0.25) is 44.0 Å². The van der Waals surface area contributed by atoms with Crippen LogP contribution in [0.25, 0.3) is 0 Å². The second-order valence-electron chi connectivity index (χ2n) is 11.6. The number of carbonyl (C=O) groups excluding carboxylic acids is 7. The molecule has 0 unspecified atom stereocenters. The van der Waals surface area contributed by atoms with Gasteiger partial charge in [0.05, 0.1) is 25.4 Å². The minimum Gasteiger partial charge on any atom is -0.507 e. The number of hydroxylamine groups is 4. The Bertz CT molecular complexity index is 1500. The fourth-order valence-electron chi connectivity index (χ4n) is 5.02. The van der Waals surface area contributed by atoms with E-state index in [0.717, 1.165) is 0 Å². The molecule has 0 aliphatic carbocycles. The van der Waals surface area contributed by atoms with Crippen LogP contribution in [0.5, 0.6) is 5.75 Å². The summed E-state index contributed by atoms with van der Waals surface area (Å²) in [5.74, 6) is -6.12. The van der Waals surface area contributed by atoms with Crippen molar-refractivity contribution in [2.45, 2.75) is 61.9 Å². The summed E-state index contributed by atoms with van der Waals surface area (Å²) < 4.78 is 5.38. The van der Waals surface area contributed by atoms with Crippen molar-refractivity contribution in [2.24, 2.45) is 4.99 Å². The minimum atomic E-state index is -1.77. The fourth-order valence-corrected chi connectivity index (χ4v) is 5.02. The van der Waals surface area contributed by atoms with E-state index >= 15 is 0 Å². The number of phenols is 1. The van der Waals surface area contributed by atoms with E-state index in [2.05, 4.69) is 31.6 Å². The lowest BCUT2D eigenvalue weighted by Crippen LogP contribution is -2.61. The first-order chi connectivity index (χ1) is 24.8. The average Bonchev–Trinajstić information content (AvgIpc) is 3.63. The molecule has 2 aliphatic heterocycles. The third kappa shape index (κ3) is 11.3. The number of aliphatic hydroxyl groups is 3. The molecule has 7 amide bonds. The van der Waals surface area contributed by atoms with E-state index in [4.69, 9.17) is 4.74 Å². The number of ether oxygens (including phenoxy) is 1. The number of hydrogen-bond donors (Lipinski definition) is 11. The van der Waals surface area contributed by atoms with Gasteiger partial charge in [0.25, 0.3) is 5.91 Å². The number of carbonyl (C=O) groups is 7. The summed E-state index contributed by atoms with van der Waals surface area (Å²) in [6.45, 7) is -3.46. The maximum atomic E-state index is 13.1. The molecule has 1 fully saturated rings. The van der Waals surface area contributed by atoms with Gasteiger partial charge >= 0.3 is 0 Å². The number of benzene rings is 1. The van der Waals surface area contributed by atoms with E-state index in [1.54, 1.807) is 12.1 Å². The normalized spacial score (nSPS) is 19.1. The largest absolute Gasteiger partial charge is 0.507 e. The van der Waals surface area contributed by atoms with Gasteiger partial charge in [0.15, 0.2) is 6.04 Å². The SMILES string of the molecule is O=CN(O)CCC[C@@H](NC(=O)[C@H](CO)NC(=O)[C@@H](CO)NC(=O)[C@H](CO)NC(=O)[C@H]1COC(c2ccccc2O)=N1)C(=O)N[C@@H]1CCCN(O)C1=O. The average molecular weight is 739 g/mol. The highest BCUT2D eigenvalue weighted by Crippen LogP contribution is 2.21. The topological polar surface area (TPSA) is 329 Å². The number of aromatic hydroxyl groups is 1. The van der Waals surface area contributed by atoms with Crippen molar-refractivity contribution in [1.82, 2.24) is 36.7 Å². The molecule has 1 aromatic carbocycles. The van der Waals surface area contributed by atoms with Crippen LogP contribution in [0, 0.1) is 0 Å². The number of rotatable bonds is 19. The molecule has 0 aromatic heterocycles. The molecule has 1 aromatic rings. The van der Waals surface area contributed by atoms with Gasteiger partial charge in [-0.15, -0.1) is 0 Å². The second kappa shape index (κ2) is 19.8. The Hall–Kier alpha value is -5.42. The van der Waals surface area contributed by atoms with Gasteiger partial charge in [0.1, 0.15) is 42.6 Å². The first-order valence-corrected chi connectivity index (χ1v) is 16.1. The predicted molar refractivity (Wildman–Crippen MR) is 172 cm³/mol. The summed E-state index contributed by atoms with van der Waals surface area (Å²) in [7, 11) is 0. The van der Waals surface area contributed by atoms with E-state index in [1.807, 2.05) is 0 Å². The molecule has 6 atom stereocenters. The maximum Gasteiger partial charge on any atom is 0.268 e. The molecule has 11 N–H and O–H groups in total. The van der Waals surface area contributed by atoms with Crippen molar-refractivity contribution in [3.63, 3.8) is 0 Å². The van der Waals surface area contributed by atoms with Crippen molar-refractivity contribution in [1.29, 1.82) is 0 Å². The highest BCUT2D eigenvalue weighted by atomic mass is 16.5. The van der Waals surface area contributed by atoms with E-state index in [9.17, 15) is 64.4 Å².